The van der Waals surface area contributed by atoms with Crippen LogP contribution in [0, 0.1) is 7.43 Å². The third kappa shape index (κ3) is 5.17. The van der Waals surface area contributed by atoms with Crippen LogP contribution in [0.1, 0.15) is 0 Å². The summed E-state index contributed by atoms with van der Waals surface area (Å²) in [6.07, 6.45) is 1.66. The standard InChI is InChI=1S/C6H7ClN2.CH3.K/c1-8-6-4-5(7)2-3-9-6;;/h2-4H,1H3,(H,8,9);1H3;/q;-1;+1. The molecule has 0 saturated heterocycles. The summed E-state index contributed by atoms with van der Waals surface area (Å²) >= 11 is 5.64. The van der Waals surface area contributed by atoms with Crippen molar-refractivity contribution in [3.63, 3.8) is 0 Å². The summed E-state index contributed by atoms with van der Waals surface area (Å²) in [7, 11) is 1.80. The van der Waals surface area contributed by atoms with Crippen LogP contribution in [0.4, 0.5) is 5.82 Å². The maximum Gasteiger partial charge on any atom is 1.00 e. The van der Waals surface area contributed by atoms with Crippen LogP contribution in [0.15, 0.2) is 18.3 Å². The van der Waals surface area contributed by atoms with E-state index >= 15 is 0 Å². The van der Waals surface area contributed by atoms with Gasteiger partial charge in [0, 0.05) is 18.3 Å². The summed E-state index contributed by atoms with van der Waals surface area (Å²) in [6, 6.07) is 3.50. The van der Waals surface area contributed by atoms with E-state index in [4.69, 9.17) is 11.6 Å². The van der Waals surface area contributed by atoms with Crippen molar-refractivity contribution in [1.29, 1.82) is 0 Å². The van der Waals surface area contributed by atoms with Gasteiger partial charge in [0.25, 0.3) is 0 Å². The van der Waals surface area contributed by atoms with Crippen LogP contribution in [-0.2, 0) is 0 Å². The van der Waals surface area contributed by atoms with Gasteiger partial charge >= 0.3 is 51.4 Å². The summed E-state index contributed by atoms with van der Waals surface area (Å²) in [4.78, 5) is 3.96. The Morgan fingerprint density at radius 2 is 2.18 bits per heavy atom. The molecule has 4 heteroatoms. The molecule has 1 rings (SSSR count). The Morgan fingerprint density at radius 1 is 1.55 bits per heavy atom. The number of hydrogen-bond acceptors (Lipinski definition) is 2. The Balaban J connectivity index is 0. The summed E-state index contributed by atoms with van der Waals surface area (Å²) in [6.45, 7) is 0. The number of nitrogens with one attached hydrogen (secondary N) is 1. The zero-order valence-electron chi connectivity index (χ0n) is 7.06. The van der Waals surface area contributed by atoms with E-state index in [2.05, 4.69) is 10.3 Å². The number of hydrogen-bond donors (Lipinski definition) is 1. The first kappa shape index (κ1) is 14.4. The smallest absolute Gasteiger partial charge is 0.373 e. The molecule has 1 aromatic heterocycles. The van der Waals surface area contributed by atoms with Crippen molar-refractivity contribution in [3.8, 4) is 0 Å². The van der Waals surface area contributed by atoms with E-state index in [0.717, 1.165) is 5.82 Å². The van der Waals surface area contributed by atoms with Gasteiger partial charge < -0.3 is 12.7 Å². The Labute approximate surface area is 115 Å². The van der Waals surface area contributed by atoms with Crippen molar-refractivity contribution >= 4 is 17.4 Å². The Hall–Kier alpha value is 0.876. The van der Waals surface area contributed by atoms with Crippen LogP contribution >= 0.6 is 11.6 Å². The number of aromatic nitrogens is 1. The fourth-order valence-corrected chi connectivity index (χ4v) is 0.701. The van der Waals surface area contributed by atoms with Crippen molar-refractivity contribution in [3.05, 3.63) is 30.8 Å². The predicted molar refractivity (Wildman–Crippen MR) is 45.2 cm³/mol. The zero-order chi connectivity index (χ0) is 6.69. The second-order valence-corrected chi connectivity index (χ2v) is 2.05. The Bertz CT molecular complexity index is 205. The number of nitrogens with zero attached hydrogens (tertiary/aromatic N) is 1. The maximum absolute atomic E-state index is 5.64. The van der Waals surface area contributed by atoms with Gasteiger partial charge in [0.1, 0.15) is 5.82 Å². The monoisotopic (exact) mass is 196 g/mol. The van der Waals surface area contributed by atoms with E-state index in [9.17, 15) is 0 Å². The first-order chi connectivity index (χ1) is 4.33. The van der Waals surface area contributed by atoms with Crippen LogP contribution in [0.5, 0.6) is 0 Å². The van der Waals surface area contributed by atoms with Crippen molar-refractivity contribution in [1.82, 2.24) is 4.98 Å². The van der Waals surface area contributed by atoms with E-state index in [1.807, 2.05) is 0 Å². The molecule has 0 aliphatic rings. The summed E-state index contributed by atoms with van der Waals surface area (Å²) < 4.78 is 0. The fraction of sp³-hybridized carbons (Fsp3) is 0.143. The first-order valence-corrected chi connectivity index (χ1v) is 3.00. The van der Waals surface area contributed by atoms with Gasteiger partial charge in [0.15, 0.2) is 0 Å². The van der Waals surface area contributed by atoms with Crippen LogP contribution in [0.25, 0.3) is 0 Å². The normalized spacial score (nSPS) is 7.45. The van der Waals surface area contributed by atoms with Crippen molar-refractivity contribution in [2.75, 3.05) is 12.4 Å². The quantitative estimate of drug-likeness (QED) is 0.472. The SMILES string of the molecule is CNc1cc(Cl)ccn1.[CH3-].[K+]. The fourth-order valence-electron chi connectivity index (χ4n) is 0.541. The minimum absolute atomic E-state index is 0. The molecule has 0 aliphatic heterocycles. The molecule has 11 heavy (non-hydrogen) atoms. The van der Waals surface area contributed by atoms with Crippen LogP contribution in [0.2, 0.25) is 5.02 Å². The van der Waals surface area contributed by atoms with Gasteiger partial charge in [-0.1, -0.05) is 11.6 Å². The molecule has 0 unspecified atom stereocenters. The molecule has 1 aromatic rings. The molecular weight excluding hydrogens is 187 g/mol. The van der Waals surface area contributed by atoms with E-state index in [-0.39, 0.29) is 58.8 Å². The van der Waals surface area contributed by atoms with Gasteiger partial charge in [-0.3, -0.25) is 0 Å². The molecule has 1 N–H and O–H groups in total. The molecule has 0 aliphatic carbocycles. The molecule has 0 saturated carbocycles. The number of rotatable bonds is 1. The summed E-state index contributed by atoms with van der Waals surface area (Å²) in [5.74, 6) is 0.794. The average Bonchev–Trinajstić information content (AvgIpc) is 1.88. The van der Waals surface area contributed by atoms with Gasteiger partial charge in [0.2, 0.25) is 0 Å². The van der Waals surface area contributed by atoms with Gasteiger partial charge in [-0.25, -0.2) is 4.98 Å². The van der Waals surface area contributed by atoms with E-state index in [0.29, 0.717) is 5.02 Å². The van der Waals surface area contributed by atoms with Crippen LogP contribution in [-0.4, -0.2) is 12.0 Å². The number of pyridine rings is 1. The van der Waals surface area contributed by atoms with Gasteiger partial charge in [-0.05, 0) is 12.1 Å². The third-order valence-electron chi connectivity index (χ3n) is 0.978. The molecule has 0 aromatic carbocycles. The van der Waals surface area contributed by atoms with Gasteiger partial charge in [0.05, 0.1) is 0 Å². The molecule has 0 radical (unpaired) electrons. The molecule has 1 heterocycles. The van der Waals surface area contributed by atoms with Crippen molar-refractivity contribution in [2.45, 2.75) is 0 Å². The molecule has 0 amide bonds. The molecule has 0 fully saturated rings. The minimum Gasteiger partial charge on any atom is -0.373 e. The predicted octanol–water partition coefficient (Wildman–Crippen LogP) is -0.769. The van der Waals surface area contributed by atoms with E-state index in [1.54, 1.807) is 25.4 Å². The van der Waals surface area contributed by atoms with Gasteiger partial charge in [-0.2, -0.15) is 0 Å². The molecule has 0 spiro atoms. The topological polar surface area (TPSA) is 24.9 Å². The minimum atomic E-state index is 0. The molecular formula is C7H10ClKN2. The second-order valence-electron chi connectivity index (χ2n) is 1.61. The summed E-state index contributed by atoms with van der Waals surface area (Å²) in [5, 5.41) is 3.58. The molecule has 2 nitrogen and oxygen atoms in total. The average molecular weight is 197 g/mol. The van der Waals surface area contributed by atoms with Crippen LogP contribution < -0.4 is 56.7 Å². The van der Waals surface area contributed by atoms with Crippen LogP contribution in [0.3, 0.4) is 0 Å². The van der Waals surface area contributed by atoms with Gasteiger partial charge in [-0.15, -0.1) is 0 Å². The zero-order valence-corrected chi connectivity index (χ0v) is 10.9. The molecule has 0 atom stereocenters. The largest absolute Gasteiger partial charge is 1.00 e. The second kappa shape index (κ2) is 7.52. The van der Waals surface area contributed by atoms with Crippen molar-refractivity contribution < 1.29 is 51.4 Å². The third-order valence-corrected chi connectivity index (χ3v) is 1.21. The maximum atomic E-state index is 5.64. The molecule has 0 bridgehead atoms. The summed E-state index contributed by atoms with van der Waals surface area (Å²) in [5.41, 5.74) is 0. The Morgan fingerprint density at radius 3 is 2.55 bits per heavy atom. The number of halogens is 1. The molecule has 56 valence electrons. The first-order valence-electron chi connectivity index (χ1n) is 2.62. The Kier molecular flexibility index (Phi) is 9.85. The van der Waals surface area contributed by atoms with E-state index in [1.165, 1.54) is 0 Å². The number of anilines is 1. The van der Waals surface area contributed by atoms with Crippen molar-refractivity contribution in [2.24, 2.45) is 0 Å². The van der Waals surface area contributed by atoms with E-state index < -0.39 is 0 Å².